The minimum absolute atomic E-state index is 0.579. The largest absolute Gasteiger partial charge is 0.497 e. The van der Waals surface area contributed by atoms with Crippen LogP contribution in [-0.4, -0.2) is 20.3 Å². The maximum atomic E-state index is 6.00. The Balaban J connectivity index is 1.93. The Labute approximate surface area is 130 Å². The van der Waals surface area contributed by atoms with Gasteiger partial charge in [-0.25, -0.2) is 0 Å². The third-order valence-electron chi connectivity index (χ3n) is 3.24. The second-order valence-corrected chi connectivity index (χ2v) is 5.17. The van der Waals surface area contributed by atoms with Gasteiger partial charge in [0.05, 0.1) is 13.7 Å². The summed E-state index contributed by atoms with van der Waals surface area (Å²) in [6.45, 7) is 1.20. The Morgan fingerprint density at radius 1 is 1.05 bits per heavy atom. The summed E-state index contributed by atoms with van der Waals surface area (Å²) in [5, 5.41) is 0.709. The van der Waals surface area contributed by atoms with E-state index in [4.69, 9.17) is 26.8 Å². The summed E-state index contributed by atoms with van der Waals surface area (Å²) >= 11 is 6.00. The average Bonchev–Trinajstić information content (AvgIpc) is 2.50. The van der Waals surface area contributed by atoms with E-state index in [0.717, 1.165) is 29.9 Å². The van der Waals surface area contributed by atoms with Crippen molar-refractivity contribution in [2.24, 2.45) is 5.73 Å². The summed E-state index contributed by atoms with van der Waals surface area (Å²) in [5.74, 6) is 1.72. The molecule has 21 heavy (non-hydrogen) atoms. The predicted molar refractivity (Wildman–Crippen MR) is 86.4 cm³/mol. The summed E-state index contributed by atoms with van der Waals surface area (Å²) in [6.07, 6.45) is 1.60. The molecular weight excluding hydrogens is 286 g/mol. The fourth-order valence-corrected chi connectivity index (χ4v) is 2.31. The SMILES string of the molecule is COc1ccc(CCOc2ccc(Cl)cc2CCN)cc1. The number of halogens is 1. The van der Waals surface area contributed by atoms with Crippen LogP contribution in [-0.2, 0) is 12.8 Å². The molecule has 4 heteroatoms. The van der Waals surface area contributed by atoms with E-state index in [1.807, 2.05) is 42.5 Å². The molecule has 2 aromatic carbocycles. The number of methoxy groups -OCH3 is 1. The topological polar surface area (TPSA) is 44.5 Å². The highest BCUT2D eigenvalue weighted by molar-refractivity contribution is 6.30. The van der Waals surface area contributed by atoms with Gasteiger partial charge in [-0.3, -0.25) is 0 Å². The van der Waals surface area contributed by atoms with Gasteiger partial charge in [-0.1, -0.05) is 23.7 Å². The first-order chi connectivity index (χ1) is 10.2. The van der Waals surface area contributed by atoms with Gasteiger partial charge in [-0.2, -0.15) is 0 Å². The van der Waals surface area contributed by atoms with Crippen LogP contribution in [0.15, 0.2) is 42.5 Å². The summed E-state index contributed by atoms with van der Waals surface area (Å²) in [5.41, 5.74) is 7.88. The van der Waals surface area contributed by atoms with Crippen molar-refractivity contribution in [1.82, 2.24) is 0 Å². The van der Waals surface area contributed by atoms with Gasteiger partial charge < -0.3 is 15.2 Å². The molecule has 0 fully saturated rings. The number of hydrogen-bond donors (Lipinski definition) is 1. The molecule has 0 amide bonds. The van der Waals surface area contributed by atoms with Crippen molar-refractivity contribution in [3.63, 3.8) is 0 Å². The van der Waals surface area contributed by atoms with Crippen LogP contribution in [0.5, 0.6) is 11.5 Å². The summed E-state index contributed by atoms with van der Waals surface area (Å²) in [6, 6.07) is 13.7. The third kappa shape index (κ3) is 4.66. The zero-order valence-corrected chi connectivity index (χ0v) is 12.9. The van der Waals surface area contributed by atoms with Crippen molar-refractivity contribution < 1.29 is 9.47 Å². The van der Waals surface area contributed by atoms with Crippen molar-refractivity contribution in [2.45, 2.75) is 12.8 Å². The molecule has 0 aliphatic heterocycles. The van der Waals surface area contributed by atoms with Gasteiger partial charge in [-0.05, 0) is 54.4 Å². The second-order valence-electron chi connectivity index (χ2n) is 4.74. The van der Waals surface area contributed by atoms with Crippen LogP contribution in [0.3, 0.4) is 0 Å². The Hall–Kier alpha value is -1.71. The Morgan fingerprint density at radius 3 is 2.48 bits per heavy atom. The van der Waals surface area contributed by atoms with E-state index in [1.54, 1.807) is 7.11 Å². The third-order valence-corrected chi connectivity index (χ3v) is 3.48. The van der Waals surface area contributed by atoms with Crippen LogP contribution in [0.4, 0.5) is 0 Å². The molecule has 0 unspecified atom stereocenters. The molecular formula is C17H20ClNO2. The first-order valence-corrected chi connectivity index (χ1v) is 7.35. The zero-order chi connectivity index (χ0) is 15.1. The van der Waals surface area contributed by atoms with Gasteiger partial charge in [0.25, 0.3) is 0 Å². The molecule has 0 bridgehead atoms. The van der Waals surface area contributed by atoms with Gasteiger partial charge in [0.2, 0.25) is 0 Å². The first kappa shape index (κ1) is 15.7. The van der Waals surface area contributed by atoms with Crippen LogP contribution in [0.2, 0.25) is 5.02 Å². The van der Waals surface area contributed by atoms with Gasteiger partial charge in [0.15, 0.2) is 0 Å². The Morgan fingerprint density at radius 2 is 1.81 bits per heavy atom. The standard InChI is InChI=1S/C17H20ClNO2/c1-20-16-5-2-13(3-6-16)9-11-21-17-7-4-15(18)12-14(17)8-10-19/h2-7,12H,8-11,19H2,1H3. The molecule has 112 valence electrons. The molecule has 0 heterocycles. The first-order valence-electron chi connectivity index (χ1n) is 6.97. The highest BCUT2D eigenvalue weighted by Gasteiger charge is 2.04. The molecule has 3 nitrogen and oxygen atoms in total. The molecule has 2 N–H and O–H groups in total. The molecule has 0 saturated heterocycles. The quantitative estimate of drug-likeness (QED) is 0.852. The molecule has 2 aromatic rings. The van der Waals surface area contributed by atoms with E-state index in [2.05, 4.69) is 0 Å². The lowest BCUT2D eigenvalue weighted by Gasteiger charge is -2.11. The van der Waals surface area contributed by atoms with E-state index in [-0.39, 0.29) is 0 Å². The van der Waals surface area contributed by atoms with Crippen molar-refractivity contribution >= 4 is 11.6 Å². The van der Waals surface area contributed by atoms with Crippen molar-refractivity contribution in [2.75, 3.05) is 20.3 Å². The number of ether oxygens (including phenoxy) is 2. The van der Waals surface area contributed by atoms with Crippen LogP contribution >= 0.6 is 11.6 Å². The van der Waals surface area contributed by atoms with E-state index in [1.165, 1.54) is 5.56 Å². The summed E-state index contributed by atoms with van der Waals surface area (Å²) in [4.78, 5) is 0. The molecule has 0 aliphatic rings. The molecule has 0 atom stereocenters. The fourth-order valence-electron chi connectivity index (χ4n) is 2.11. The fraction of sp³-hybridized carbons (Fsp3) is 0.294. The molecule has 0 aromatic heterocycles. The molecule has 0 saturated carbocycles. The monoisotopic (exact) mass is 305 g/mol. The normalized spacial score (nSPS) is 10.4. The van der Waals surface area contributed by atoms with Crippen molar-refractivity contribution in [3.05, 3.63) is 58.6 Å². The van der Waals surface area contributed by atoms with E-state index in [0.29, 0.717) is 18.2 Å². The summed E-state index contributed by atoms with van der Waals surface area (Å²) < 4.78 is 11.0. The number of rotatable bonds is 7. The van der Waals surface area contributed by atoms with Gasteiger partial charge >= 0.3 is 0 Å². The number of benzene rings is 2. The van der Waals surface area contributed by atoms with E-state index in [9.17, 15) is 0 Å². The lowest BCUT2D eigenvalue weighted by molar-refractivity contribution is 0.318. The van der Waals surface area contributed by atoms with Crippen LogP contribution in [0, 0.1) is 0 Å². The van der Waals surface area contributed by atoms with Crippen LogP contribution in [0.1, 0.15) is 11.1 Å². The number of hydrogen-bond acceptors (Lipinski definition) is 3. The van der Waals surface area contributed by atoms with Gasteiger partial charge in [0.1, 0.15) is 11.5 Å². The summed E-state index contributed by atoms with van der Waals surface area (Å²) in [7, 11) is 1.66. The smallest absolute Gasteiger partial charge is 0.122 e. The molecule has 0 radical (unpaired) electrons. The minimum atomic E-state index is 0.579. The highest BCUT2D eigenvalue weighted by Crippen LogP contribution is 2.23. The Bertz CT molecular complexity index is 570. The average molecular weight is 306 g/mol. The Kier molecular flexibility index (Phi) is 5.90. The lowest BCUT2D eigenvalue weighted by atomic mass is 10.1. The van der Waals surface area contributed by atoms with E-state index < -0.39 is 0 Å². The highest BCUT2D eigenvalue weighted by atomic mass is 35.5. The predicted octanol–water partition coefficient (Wildman–Crippen LogP) is 3.47. The maximum Gasteiger partial charge on any atom is 0.122 e. The zero-order valence-electron chi connectivity index (χ0n) is 12.1. The lowest BCUT2D eigenvalue weighted by Crippen LogP contribution is -2.07. The number of nitrogens with two attached hydrogens (primary N) is 1. The van der Waals surface area contributed by atoms with Crippen LogP contribution in [0.25, 0.3) is 0 Å². The van der Waals surface area contributed by atoms with Gasteiger partial charge in [-0.15, -0.1) is 0 Å². The van der Waals surface area contributed by atoms with E-state index >= 15 is 0 Å². The minimum Gasteiger partial charge on any atom is -0.497 e. The van der Waals surface area contributed by atoms with Crippen molar-refractivity contribution in [3.8, 4) is 11.5 Å². The molecule has 2 rings (SSSR count). The molecule has 0 spiro atoms. The van der Waals surface area contributed by atoms with Gasteiger partial charge in [0, 0.05) is 11.4 Å². The molecule has 0 aliphatic carbocycles. The van der Waals surface area contributed by atoms with Crippen molar-refractivity contribution in [1.29, 1.82) is 0 Å². The second kappa shape index (κ2) is 7.91. The van der Waals surface area contributed by atoms with Crippen LogP contribution < -0.4 is 15.2 Å². The maximum absolute atomic E-state index is 6.00.